The Hall–Kier alpha value is -2.57. The summed E-state index contributed by atoms with van der Waals surface area (Å²) in [6.07, 6.45) is 2.46. The van der Waals surface area contributed by atoms with Gasteiger partial charge in [0.2, 0.25) is 5.91 Å². The molecule has 1 N–H and O–H groups in total. The van der Waals surface area contributed by atoms with E-state index in [0.717, 1.165) is 17.0 Å². The fourth-order valence-electron chi connectivity index (χ4n) is 1.95. The molecule has 1 aromatic rings. The van der Waals surface area contributed by atoms with Crippen LogP contribution in [0.5, 0.6) is 11.5 Å². The van der Waals surface area contributed by atoms with Gasteiger partial charge < -0.3 is 9.47 Å². The number of benzene rings is 1. The van der Waals surface area contributed by atoms with E-state index in [0.29, 0.717) is 24.0 Å². The van der Waals surface area contributed by atoms with Crippen LogP contribution in [0, 0.1) is 5.92 Å². The summed E-state index contributed by atoms with van der Waals surface area (Å²) in [6.45, 7) is 4.83. The number of ether oxygens (including phenoxy) is 2. The number of imide groups is 1. The molecule has 0 spiro atoms. The molecular weight excluding hydrogens is 298 g/mol. The molecule has 0 radical (unpaired) electrons. The zero-order chi connectivity index (χ0) is 16.8. The Balaban J connectivity index is 2.03. The van der Waals surface area contributed by atoms with Crippen LogP contribution in [0.4, 0.5) is 4.79 Å². The van der Waals surface area contributed by atoms with Gasteiger partial charge in [-0.3, -0.25) is 10.1 Å². The molecule has 0 aliphatic carbocycles. The zero-order valence-corrected chi connectivity index (χ0v) is 13.5. The number of hydrazone groups is 1. The molecule has 0 atom stereocenters. The number of nitrogens with one attached hydrogen (secondary N) is 1. The molecule has 1 aliphatic rings. The van der Waals surface area contributed by atoms with Crippen LogP contribution in [0.1, 0.15) is 25.8 Å². The van der Waals surface area contributed by atoms with Crippen LogP contribution in [-0.4, -0.2) is 43.4 Å². The predicted octanol–water partition coefficient (Wildman–Crippen LogP) is 2.01. The summed E-state index contributed by atoms with van der Waals surface area (Å²) in [5.74, 6) is 1.47. The fraction of sp³-hybridized carbons (Fsp3) is 0.438. The van der Waals surface area contributed by atoms with E-state index in [1.54, 1.807) is 19.2 Å². The van der Waals surface area contributed by atoms with E-state index in [-0.39, 0.29) is 12.5 Å². The minimum absolute atomic E-state index is 0.0666. The van der Waals surface area contributed by atoms with Crippen molar-refractivity contribution in [1.29, 1.82) is 0 Å². The standard InChI is InChI=1S/C16H21N3O4/c1-11(2)6-7-23-13-5-4-12(8-14(13)22-3)9-17-19-10-15(20)18-16(19)21/h4-5,8-9,11H,6-7,10H2,1-3H3,(H,18,20,21)/b17-9-. The lowest BCUT2D eigenvalue weighted by Crippen LogP contribution is -2.24. The Kier molecular flexibility index (Phi) is 5.56. The van der Waals surface area contributed by atoms with E-state index in [1.807, 2.05) is 6.07 Å². The molecule has 124 valence electrons. The minimum Gasteiger partial charge on any atom is -0.493 e. The van der Waals surface area contributed by atoms with Gasteiger partial charge in [-0.25, -0.2) is 9.80 Å². The topological polar surface area (TPSA) is 80.2 Å². The molecule has 23 heavy (non-hydrogen) atoms. The van der Waals surface area contributed by atoms with Crippen LogP contribution in [-0.2, 0) is 4.79 Å². The fourth-order valence-corrected chi connectivity index (χ4v) is 1.95. The molecule has 1 saturated heterocycles. The first-order valence-corrected chi connectivity index (χ1v) is 7.45. The minimum atomic E-state index is -0.521. The van der Waals surface area contributed by atoms with E-state index in [2.05, 4.69) is 24.3 Å². The van der Waals surface area contributed by atoms with Crippen molar-refractivity contribution in [2.75, 3.05) is 20.3 Å². The average Bonchev–Trinajstić information content (AvgIpc) is 2.83. The number of methoxy groups -OCH3 is 1. The summed E-state index contributed by atoms with van der Waals surface area (Å²) in [5, 5.41) is 7.22. The number of carbonyl (C=O) groups is 2. The third kappa shape index (κ3) is 4.70. The second-order valence-corrected chi connectivity index (χ2v) is 5.60. The summed E-state index contributed by atoms with van der Waals surface area (Å²) < 4.78 is 11.0. The maximum Gasteiger partial charge on any atom is 0.344 e. The Morgan fingerprint density at radius 3 is 2.74 bits per heavy atom. The van der Waals surface area contributed by atoms with Crippen LogP contribution < -0.4 is 14.8 Å². The van der Waals surface area contributed by atoms with Gasteiger partial charge >= 0.3 is 6.03 Å². The second kappa shape index (κ2) is 7.62. The average molecular weight is 319 g/mol. The van der Waals surface area contributed by atoms with Crippen molar-refractivity contribution in [3.8, 4) is 11.5 Å². The third-order valence-corrected chi connectivity index (χ3v) is 3.26. The van der Waals surface area contributed by atoms with Gasteiger partial charge in [-0.2, -0.15) is 5.10 Å². The highest BCUT2D eigenvalue weighted by molar-refractivity contribution is 6.02. The van der Waals surface area contributed by atoms with E-state index < -0.39 is 6.03 Å². The van der Waals surface area contributed by atoms with Crippen molar-refractivity contribution in [1.82, 2.24) is 10.3 Å². The van der Waals surface area contributed by atoms with Crippen LogP contribution in [0.25, 0.3) is 0 Å². The van der Waals surface area contributed by atoms with E-state index in [1.165, 1.54) is 6.21 Å². The highest BCUT2D eigenvalue weighted by atomic mass is 16.5. The molecule has 2 rings (SSSR count). The van der Waals surface area contributed by atoms with Crippen molar-refractivity contribution in [2.24, 2.45) is 11.0 Å². The monoisotopic (exact) mass is 319 g/mol. The van der Waals surface area contributed by atoms with Gasteiger partial charge in [0, 0.05) is 0 Å². The molecule has 7 heteroatoms. The third-order valence-electron chi connectivity index (χ3n) is 3.26. The van der Waals surface area contributed by atoms with Gasteiger partial charge in [-0.15, -0.1) is 0 Å². The zero-order valence-electron chi connectivity index (χ0n) is 13.5. The maximum atomic E-state index is 11.4. The number of nitrogens with zero attached hydrogens (tertiary/aromatic N) is 2. The maximum absolute atomic E-state index is 11.4. The molecule has 0 bridgehead atoms. The summed E-state index contributed by atoms with van der Waals surface area (Å²) in [5.41, 5.74) is 0.741. The molecule has 0 saturated carbocycles. The lowest BCUT2D eigenvalue weighted by Gasteiger charge is -2.12. The molecular formula is C16H21N3O4. The van der Waals surface area contributed by atoms with Crippen LogP contribution in [0.2, 0.25) is 0 Å². The largest absolute Gasteiger partial charge is 0.493 e. The number of hydrogen-bond acceptors (Lipinski definition) is 5. The summed E-state index contributed by atoms with van der Waals surface area (Å²) in [6, 6.07) is 4.86. The molecule has 1 aromatic carbocycles. The number of rotatable bonds is 7. The summed E-state index contributed by atoms with van der Waals surface area (Å²) in [7, 11) is 1.57. The Labute approximate surface area is 135 Å². The first-order valence-electron chi connectivity index (χ1n) is 7.45. The van der Waals surface area contributed by atoms with Gasteiger partial charge in [-0.1, -0.05) is 13.8 Å². The predicted molar refractivity (Wildman–Crippen MR) is 85.8 cm³/mol. The van der Waals surface area contributed by atoms with E-state index in [4.69, 9.17) is 9.47 Å². The normalized spacial score (nSPS) is 14.7. The lowest BCUT2D eigenvalue weighted by molar-refractivity contribution is -0.118. The Bertz CT molecular complexity index is 613. The summed E-state index contributed by atoms with van der Waals surface area (Å²) >= 11 is 0. The molecule has 7 nitrogen and oxygen atoms in total. The van der Waals surface area contributed by atoms with Crippen LogP contribution in [0.3, 0.4) is 0 Å². The van der Waals surface area contributed by atoms with Gasteiger partial charge in [0.15, 0.2) is 11.5 Å². The van der Waals surface area contributed by atoms with Gasteiger partial charge in [0.05, 0.1) is 19.9 Å². The molecule has 1 aliphatic heterocycles. The van der Waals surface area contributed by atoms with Crippen molar-refractivity contribution < 1.29 is 19.1 Å². The quantitative estimate of drug-likeness (QED) is 0.616. The SMILES string of the molecule is COc1cc(/C=N\N2CC(=O)NC2=O)ccc1OCCC(C)C. The van der Waals surface area contributed by atoms with E-state index >= 15 is 0 Å². The van der Waals surface area contributed by atoms with Crippen molar-refractivity contribution >= 4 is 18.2 Å². The molecule has 3 amide bonds. The first-order chi connectivity index (χ1) is 11.0. The van der Waals surface area contributed by atoms with Crippen molar-refractivity contribution in [3.63, 3.8) is 0 Å². The first kappa shape index (κ1) is 16.8. The number of hydrogen-bond donors (Lipinski definition) is 1. The Morgan fingerprint density at radius 1 is 1.35 bits per heavy atom. The Morgan fingerprint density at radius 2 is 2.13 bits per heavy atom. The number of amides is 3. The van der Waals surface area contributed by atoms with Crippen LogP contribution in [0.15, 0.2) is 23.3 Å². The smallest absolute Gasteiger partial charge is 0.344 e. The number of carbonyl (C=O) groups excluding carboxylic acids is 2. The molecule has 0 aromatic heterocycles. The highest BCUT2D eigenvalue weighted by Crippen LogP contribution is 2.28. The van der Waals surface area contributed by atoms with Crippen molar-refractivity contribution in [3.05, 3.63) is 23.8 Å². The van der Waals surface area contributed by atoms with Gasteiger partial charge in [0.25, 0.3) is 0 Å². The van der Waals surface area contributed by atoms with Gasteiger partial charge in [0.1, 0.15) is 6.54 Å². The van der Waals surface area contributed by atoms with Crippen LogP contribution >= 0.6 is 0 Å². The molecule has 1 heterocycles. The van der Waals surface area contributed by atoms with E-state index in [9.17, 15) is 9.59 Å². The summed E-state index contributed by atoms with van der Waals surface area (Å²) in [4.78, 5) is 22.5. The highest BCUT2D eigenvalue weighted by Gasteiger charge is 2.25. The van der Waals surface area contributed by atoms with Gasteiger partial charge in [-0.05, 0) is 36.1 Å². The molecule has 0 unspecified atom stereocenters. The number of urea groups is 1. The van der Waals surface area contributed by atoms with Crippen molar-refractivity contribution in [2.45, 2.75) is 20.3 Å². The molecule has 1 fully saturated rings. The lowest BCUT2D eigenvalue weighted by atomic mass is 10.1. The second-order valence-electron chi connectivity index (χ2n) is 5.60.